The van der Waals surface area contributed by atoms with E-state index >= 15 is 0 Å². The van der Waals surface area contributed by atoms with Gasteiger partial charge in [-0.3, -0.25) is 0 Å². The van der Waals surface area contributed by atoms with Gasteiger partial charge in [-0.15, -0.1) is 4.52 Å². The van der Waals surface area contributed by atoms with Gasteiger partial charge >= 0.3 is 8.03 Å². The fourth-order valence-corrected chi connectivity index (χ4v) is 5.41. The number of fused-ring (bicyclic) bond motifs is 1. The molecule has 2 aromatic rings. The number of anilines is 1. The maximum absolute atomic E-state index is 12.9. The molecule has 5 rings (SSSR count). The standard InChI is InChI=1S/C18H25NO6P.C6H6/c1-17(2)21-10-12(22-17)13-14-15(24-18(3,4)23-14)16(26(20)25-13)19-11-8-6-5-7-9-11;1-2-4-6-5-3-1/h5-9,12-16,19H,10H2,1-4H3;1-6H/q+1;. The molecule has 3 saturated heterocycles. The highest BCUT2D eigenvalue weighted by atomic mass is 31.1. The number of para-hydroxylation sites is 1. The third-order valence-corrected chi connectivity index (χ3v) is 6.73. The Morgan fingerprint density at radius 3 is 1.91 bits per heavy atom. The Kier molecular flexibility index (Phi) is 6.96. The number of hydrogen-bond acceptors (Lipinski definition) is 7. The highest BCUT2D eigenvalue weighted by molar-refractivity contribution is 7.40. The molecule has 3 aliphatic rings. The lowest BCUT2D eigenvalue weighted by atomic mass is 10.0. The van der Waals surface area contributed by atoms with Crippen LogP contribution in [0.2, 0.25) is 0 Å². The molecule has 0 saturated carbocycles. The smallest absolute Gasteiger partial charge is 0.348 e. The summed E-state index contributed by atoms with van der Waals surface area (Å²) in [4.78, 5) is 0. The molecular weight excluding hydrogens is 429 g/mol. The van der Waals surface area contributed by atoms with E-state index in [2.05, 4.69) is 5.32 Å². The van der Waals surface area contributed by atoms with Crippen molar-refractivity contribution in [2.24, 2.45) is 0 Å². The zero-order chi connectivity index (χ0) is 22.8. The molecule has 32 heavy (non-hydrogen) atoms. The van der Waals surface area contributed by atoms with Gasteiger partial charge in [0.25, 0.3) is 5.78 Å². The van der Waals surface area contributed by atoms with E-state index in [0.29, 0.717) is 6.61 Å². The summed E-state index contributed by atoms with van der Waals surface area (Å²) in [6, 6.07) is 21.6. The van der Waals surface area contributed by atoms with Gasteiger partial charge in [0.15, 0.2) is 23.8 Å². The molecule has 6 unspecified atom stereocenters. The van der Waals surface area contributed by atoms with Gasteiger partial charge in [-0.2, -0.15) is 0 Å². The molecule has 0 radical (unpaired) electrons. The normalized spacial score (nSPS) is 33.6. The minimum atomic E-state index is -2.04. The Bertz CT molecular complexity index is 867. The second-order valence-electron chi connectivity index (χ2n) is 8.90. The van der Waals surface area contributed by atoms with Crippen LogP contribution in [0.4, 0.5) is 5.69 Å². The number of ether oxygens (including phenoxy) is 4. The zero-order valence-electron chi connectivity index (χ0n) is 18.8. The van der Waals surface area contributed by atoms with Crippen molar-refractivity contribution in [2.45, 2.75) is 69.5 Å². The van der Waals surface area contributed by atoms with Crippen LogP contribution in [0.5, 0.6) is 0 Å². The fourth-order valence-electron chi connectivity index (χ4n) is 4.06. The molecule has 0 amide bonds. The third kappa shape index (κ3) is 5.54. The number of benzene rings is 2. The molecule has 172 valence electrons. The van der Waals surface area contributed by atoms with Crippen LogP contribution in [-0.4, -0.2) is 48.4 Å². The van der Waals surface area contributed by atoms with Gasteiger partial charge in [0.05, 0.1) is 6.61 Å². The summed E-state index contributed by atoms with van der Waals surface area (Å²) in [5.74, 6) is -1.99. The second kappa shape index (κ2) is 9.56. The summed E-state index contributed by atoms with van der Waals surface area (Å²) in [5, 5.41) is 3.28. The molecule has 8 heteroatoms. The predicted molar refractivity (Wildman–Crippen MR) is 122 cm³/mol. The summed E-state index contributed by atoms with van der Waals surface area (Å²) in [6.07, 6.45) is -1.69. The Morgan fingerprint density at radius 2 is 1.34 bits per heavy atom. The van der Waals surface area contributed by atoms with Crippen molar-refractivity contribution in [3.05, 3.63) is 66.7 Å². The minimum absolute atomic E-state index is 0.355. The molecule has 3 heterocycles. The number of rotatable bonds is 3. The predicted octanol–water partition coefficient (Wildman–Crippen LogP) is 4.92. The summed E-state index contributed by atoms with van der Waals surface area (Å²) in [6.45, 7) is 7.77. The van der Waals surface area contributed by atoms with Crippen LogP contribution in [0.1, 0.15) is 27.7 Å². The van der Waals surface area contributed by atoms with Crippen molar-refractivity contribution in [1.29, 1.82) is 0 Å². The summed E-state index contributed by atoms with van der Waals surface area (Å²) < 4.78 is 42.6. The van der Waals surface area contributed by atoms with Gasteiger partial charge in [0, 0.05) is 5.69 Å². The van der Waals surface area contributed by atoms with Gasteiger partial charge in [-0.05, 0) is 44.4 Å². The second-order valence-corrected chi connectivity index (χ2v) is 10.2. The third-order valence-electron chi connectivity index (χ3n) is 5.40. The van der Waals surface area contributed by atoms with E-state index in [9.17, 15) is 4.57 Å². The van der Waals surface area contributed by atoms with Crippen molar-refractivity contribution < 1.29 is 28.0 Å². The van der Waals surface area contributed by atoms with Crippen LogP contribution >= 0.6 is 8.03 Å². The molecule has 0 aromatic heterocycles. The van der Waals surface area contributed by atoms with Crippen molar-refractivity contribution in [1.82, 2.24) is 0 Å². The van der Waals surface area contributed by atoms with Crippen LogP contribution in [-0.2, 0) is 28.0 Å². The van der Waals surface area contributed by atoms with Crippen LogP contribution in [0.3, 0.4) is 0 Å². The van der Waals surface area contributed by atoms with Crippen molar-refractivity contribution in [3.63, 3.8) is 0 Å². The van der Waals surface area contributed by atoms with E-state index in [1.807, 2.05) is 94.4 Å². The van der Waals surface area contributed by atoms with Crippen LogP contribution in [0, 0.1) is 0 Å². The van der Waals surface area contributed by atoms with E-state index in [0.717, 1.165) is 5.69 Å². The lowest BCUT2D eigenvalue weighted by Crippen LogP contribution is -2.53. The number of nitrogens with one attached hydrogen (secondary N) is 1. The highest BCUT2D eigenvalue weighted by Crippen LogP contribution is 2.50. The maximum atomic E-state index is 12.9. The van der Waals surface area contributed by atoms with Gasteiger partial charge in [-0.25, -0.2) is 0 Å². The van der Waals surface area contributed by atoms with Crippen molar-refractivity contribution in [3.8, 4) is 0 Å². The highest BCUT2D eigenvalue weighted by Gasteiger charge is 2.64. The maximum Gasteiger partial charge on any atom is 0.536 e. The molecule has 7 nitrogen and oxygen atoms in total. The molecule has 0 bridgehead atoms. The van der Waals surface area contributed by atoms with E-state index in [4.69, 9.17) is 23.5 Å². The average Bonchev–Trinajstić information content (AvgIpc) is 3.30. The first-order valence-corrected chi connectivity index (χ1v) is 12.1. The molecule has 1 N–H and O–H groups in total. The van der Waals surface area contributed by atoms with E-state index in [-0.39, 0.29) is 6.10 Å². The molecule has 0 spiro atoms. The minimum Gasteiger partial charge on any atom is -0.348 e. The Labute approximate surface area is 190 Å². The van der Waals surface area contributed by atoms with Gasteiger partial charge < -0.3 is 24.3 Å². The van der Waals surface area contributed by atoms with E-state index < -0.39 is 43.7 Å². The van der Waals surface area contributed by atoms with Gasteiger partial charge in [-0.1, -0.05) is 54.6 Å². The Balaban J connectivity index is 0.000000354. The monoisotopic (exact) mass is 460 g/mol. The molecular formula is C24H31NO6P+. The van der Waals surface area contributed by atoms with Crippen LogP contribution in [0.25, 0.3) is 0 Å². The topological polar surface area (TPSA) is 75.3 Å². The zero-order valence-corrected chi connectivity index (χ0v) is 19.7. The first kappa shape index (κ1) is 23.3. The largest absolute Gasteiger partial charge is 0.536 e. The quantitative estimate of drug-likeness (QED) is 0.652. The summed E-state index contributed by atoms with van der Waals surface area (Å²) in [5.41, 5.74) is 0.858. The first-order chi connectivity index (χ1) is 15.2. The van der Waals surface area contributed by atoms with Gasteiger partial charge in [0.2, 0.25) is 0 Å². The van der Waals surface area contributed by atoms with Crippen LogP contribution < -0.4 is 5.32 Å². The lowest BCUT2D eigenvalue weighted by molar-refractivity contribution is -0.173. The molecule has 3 aliphatic heterocycles. The van der Waals surface area contributed by atoms with E-state index in [1.165, 1.54) is 0 Å². The molecule has 3 fully saturated rings. The van der Waals surface area contributed by atoms with E-state index in [1.54, 1.807) is 0 Å². The summed E-state index contributed by atoms with van der Waals surface area (Å²) in [7, 11) is -2.04. The van der Waals surface area contributed by atoms with Crippen molar-refractivity contribution >= 4 is 13.7 Å². The number of hydrogen-bond donors (Lipinski definition) is 1. The molecule has 6 atom stereocenters. The van der Waals surface area contributed by atoms with Crippen LogP contribution in [0.15, 0.2) is 66.7 Å². The lowest BCUT2D eigenvalue weighted by Gasteiger charge is -2.31. The average molecular weight is 460 g/mol. The summed E-state index contributed by atoms with van der Waals surface area (Å²) >= 11 is 0. The SMILES string of the molecule is CC1(C)OCC(C2O[P+](=O)C(Nc3ccccc3)C3OC(C)(C)OC23)O1.c1ccccc1. The Hall–Kier alpha value is -1.86. The first-order valence-electron chi connectivity index (χ1n) is 10.9. The molecule has 2 aromatic carbocycles. The Morgan fingerprint density at radius 1 is 0.781 bits per heavy atom. The van der Waals surface area contributed by atoms with Gasteiger partial charge in [0.1, 0.15) is 12.2 Å². The molecule has 0 aliphatic carbocycles. The fraction of sp³-hybridized carbons (Fsp3) is 0.500. The van der Waals surface area contributed by atoms with Crippen molar-refractivity contribution in [2.75, 3.05) is 11.9 Å².